The van der Waals surface area contributed by atoms with Crippen LogP contribution in [0.4, 0.5) is 4.39 Å². The molecule has 1 heteroatoms. The lowest BCUT2D eigenvalue weighted by Gasteiger charge is -2.10. The van der Waals surface area contributed by atoms with Crippen LogP contribution in [0.15, 0.2) is 0 Å². The first-order valence-electron chi connectivity index (χ1n) is 7.87. The Morgan fingerprint density at radius 3 is 1.71 bits per heavy atom. The summed E-state index contributed by atoms with van der Waals surface area (Å²) in [5, 5.41) is 0. The third kappa shape index (κ3) is 13.9. The zero-order valence-corrected chi connectivity index (χ0v) is 12.1. The van der Waals surface area contributed by atoms with Crippen molar-refractivity contribution in [3.05, 3.63) is 0 Å². The van der Waals surface area contributed by atoms with Gasteiger partial charge in [-0.3, -0.25) is 4.39 Å². The van der Waals surface area contributed by atoms with Crippen LogP contribution in [0.1, 0.15) is 90.9 Å². The van der Waals surface area contributed by atoms with Crippen LogP contribution in [0.5, 0.6) is 0 Å². The Morgan fingerprint density at radius 2 is 1.18 bits per heavy atom. The lowest BCUT2D eigenvalue weighted by molar-refractivity contribution is 0.426. The van der Waals surface area contributed by atoms with Gasteiger partial charge < -0.3 is 0 Å². The summed E-state index contributed by atoms with van der Waals surface area (Å²) in [6, 6.07) is 0. The third-order valence-electron chi connectivity index (χ3n) is 3.63. The Balaban J connectivity index is 3.08. The molecular formula is C16H33F. The molecule has 0 bridgehead atoms. The normalized spacial score (nSPS) is 12.9. The Kier molecular flexibility index (Phi) is 13.9. The molecule has 1 unspecified atom stereocenters. The van der Waals surface area contributed by atoms with Gasteiger partial charge in [-0.05, 0) is 12.3 Å². The SMILES string of the molecule is CCCCCCC(C)CCCCCCCCF. The fourth-order valence-electron chi connectivity index (χ4n) is 2.36. The Labute approximate surface area is 108 Å². The standard InChI is InChI=1S/C16H33F/c1-3-4-5-10-13-16(2)14-11-8-6-7-9-12-15-17/h16H,3-15H2,1-2H3. The van der Waals surface area contributed by atoms with Crippen LogP contribution in [-0.4, -0.2) is 6.67 Å². The fourth-order valence-corrected chi connectivity index (χ4v) is 2.36. The van der Waals surface area contributed by atoms with Crippen molar-refractivity contribution < 1.29 is 4.39 Å². The fraction of sp³-hybridized carbons (Fsp3) is 1.00. The molecule has 0 aliphatic heterocycles. The summed E-state index contributed by atoms with van der Waals surface area (Å²) in [5.41, 5.74) is 0. The summed E-state index contributed by atoms with van der Waals surface area (Å²) in [6.07, 6.45) is 15.5. The molecule has 0 heterocycles. The molecule has 17 heavy (non-hydrogen) atoms. The highest BCUT2D eigenvalue weighted by atomic mass is 19.1. The van der Waals surface area contributed by atoms with Crippen LogP contribution in [0.2, 0.25) is 0 Å². The summed E-state index contributed by atoms with van der Waals surface area (Å²) < 4.78 is 11.8. The van der Waals surface area contributed by atoms with Crippen molar-refractivity contribution in [2.24, 2.45) is 5.92 Å². The first-order chi connectivity index (χ1) is 8.31. The van der Waals surface area contributed by atoms with Crippen molar-refractivity contribution in [1.29, 1.82) is 0 Å². The van der Waals surface area contributed by atoms with Gasteiger partial charge in [0.25, 0.3) is 0 Å². The maximum Gasteiger partial charge on any atom is 0.0894 e. The first kappa shape index (κ1) is 16.9. The molecular weight excluding hydrogens is 211 g/mol. The van der Waals surface area contributed by atoms with Crippen molar-refractivity contribution >= 4 is 0 Å². The lowest BCUT2D eigenvalue weighted by atomic mass is 9.96. The minimum Gasteiger partial charge on any atom is -0.251 e. The summed E-state index contributed by atoms with van der Waals surface area (Å²) in [5.74, 6) is 0.915. The largest absolute Gasteiger partial charge is 0.251 e. The first-order valence-corrected chi connectivity index (χ1v) is 7.87. The number of hydrogen-bond acceptors (Lipinski definition) is 0. The monoisotopic (exact) mass is 244 g/mol. The molecule has 0 N–H and O–H groups in total. The van der Waals surface area contributed by atoms with Crippen molar-refractivity contribution in [2.45, 2.75) is 90.9 Å². The van der Waals surface area contributed by atoms with Crippen LogP contribution in [0.25, 0.3) is 0 Å². The molecule has 0 amide bonds. The van der Waals surface area contributed by atoms with E-state index in [1.807, 2.05) is 0 Å². The highest BCUT2D eigenvalue weighted by Crippen LogP contribution is 2.17. The van der Waals surface area contributed by atoms with Crippen molar-refractivity contribution in [1.82, 2.24) is 0 Å². The van der Waals surface area contributed by atoms with Gasteiger partial charge in [-0.15, -0.1) is 0 Å². The number of alkyl halides is 1. The van der Waals surface area contributed by atoms with Gasteiger partial charge in [0.15, 0.2) is 0 Å². The molecule has 0 fully saturated rings. The van der Waals surface area contributed by atoms with Gasteiger partial charge in [-0.25, -0.2) is 0 Å². The second kappa shape index (κ2) is 14.0. The van der Waals surface area contributed by atoms with Crippen LogP contribution < -0.4 is 0 Å². The van der Waals surface area contributed by atoms with Gasteiger partial charge in [0.1, 0.15) is 0 Å². The second-order valence-electron chi connectivity index (χ2n) is 5.55. The summed E-state index contributed by atoms with van der Waals surface area (Å²) in [6.45, 7) is 4.54. The van der Waals surface area contributed by atoms with Crippen molar-refractivity contribution in [3.63, 3.8) is 0 Å². The highest BCUT2D eigenvalue weighted by Gasteiger charge is 2.01. The molecule has 0 aromatic rings. The molecule has 0 aromatic heterocycles. The highest BCUT2D eigenvalue weighted by molar-refractivity contribution is 4.55. The van der Waals surface area contributed by atoms with Gasteiger partial charge in [-0.1, -0.05) is 84.5 Å². The third-order valence-corrected chi connectivity index (χ3v) is 3.63. The van der Waals surface area contributed by atoms with E-state index in [9.17, 15) is 4.39 Å². The van der Waals surface area contributed by atoms with Gasteiger partial charge in [0, 0.05) is 0 Å². The maximum absolute atomic E-state index is 11.8. The smallest absolute Gasteiger partial charge is 0.0894 e. The van der Waals surface area contributed by atoms with E-state index in [1.165, 1.54) is 64.2 Å². The van der Waals surface area contributed by atoms with Gasteiger partial charge in [0.2, 0.25) is 0 Å². The lowest BCUT2D eigenvalue weighted by Crippen LogP contribution is -1.95. The molecule has 0 aromatic carbocycles. The van der Waals surface area contributed by atoms with Gasteiger partial charge in [0.05, 0.1) is 6.67 Å². The van der Waals surface area contributed by atoms with E-state index in [0.29, 0.717) is 0 Å². The molecule has 0 spiro atoms. The summed E-state index contributed by atoms with van der Waals surface area (Å²) >= 11 is 0. The van der Waals surface area contributed by atoms with E-state index < -0.39 is 0 Å². The summed E-state index contributed by atoms with van der Waals surface area (Å²) in [4.78, 5) is 0. The average molecular weight is 244 g/mol. The van der Waals surface area contributed by atoms with Gasteiger partial charge in [-0.2, -0.15) is 0 Å². The predicted octanol–water partition coefficient (Wildman–Crippen LogP) is 6.29. The molecule has 0 saturated heterocycles. The molecule has 0 radical (unpaired) electrons. The van der Waals surface area contributed by atoms with E-state index in [4.69, 9.17) is 0 Å². The Morgan fingerprint density at radius 1 is 0.706 bits per heavy atom. The average Bonchev–Trinajstić information content (AvgIpc) is 2.33. The van der Waals surface area contributed by atoms with E-state index in [2.05, 4.69) is 13.8 Å². The van der Waals surface area contributed by atoms with Crippen LogP contribution in [0, 0.1) is 5.92 Å². The minimum absolute atomic E-state index is 0.130. The quantitative estimate of drug-likeness (QED) is 0.334. The van der Waals surface area contributed by atoms with Crippen molar-refractivity contribution in [3.8, 4) is 0 Å². The number of hydrogen-bond donors (Lipinski definition) is 0. The molecule has 0 saturated carbocycles. The van der Waals surface area contributed by atoms with Crippen LogP contribution >= 0.6 is 0 Å². The van der Waals surface area contributed by atoms with Crippen LogP contribution in [-0.2, 0) is 0 Å². The van der Waals surface area contributed by atoms with Crippen molar-refractivity contribution in [2.75, 3.05) is 6.67 Å². The molecule has 1 atom stereocenters. The van der Waals surface area contributed by atoms with E-state index in [1.54, 1.807) is 0 Å². The van der Waals surface area contributed by atoms with E-state index in [-0.39, 0.29) is 6.67 Å². The molecule has 0 nitrogen and oxygen atoms in total. The summed E-state index contributed by atoms with van der Waals surface area (Å²) in [7, 11) is 0. The minimum atomic E-state index is -0.130. The second-order valence-corrected chi connectivity index (χ2v) is 5.55. The topological polar surface area (TPSA) is 0 Å². The van der Waals surface area contributed by atoms with Gasteiger partial charge >= 0.3 is 0 Å². The molecule has 0 rings (SSSR count). The number of rotatable bonds is 13. The van der Waals surface area contributed by atoms with Crippen LogP contribution in [0.3, 0.4) is 0 Å². The predicted molar refractivity (Wildman–Crippen MR) is 76.2 cm³/mol. The molecule has 104 valence electrons. The zero-order valence-electron chi connectivity index (χ0n) is 12.1. The Bertz CT molecular complexity index is 133. The molecule has 0 aliphatic carbocycles. The number of halogens is 1. The van der Waals surface area contributed by atoms with E-state index >= 15 is 0 Å². The Hall–Kier alpha value is -0.0700. The zero-order chi connectivity index (χ0) is 12.8. The number of unbranched alkanes of at least 4 members (excludes halogenated alkanes) is 8. The molecule has 0 aliphatic rings. The van der Waals surface area contributed by atoms with E-state index in [0.717, 1.165) is 18.8 Å². The maximum atomic E-state index is 11.8.